The lowest BCUT2D eigenvalue weighted by Crippen LogP contribution is -2.31. The minimum atomic E-state index is -4.07. The first-order chi connectivity index (χ1) is 12.7. The number of sulfonamides is 1. The number of non-ortho nitro benzene ring substituents is 1. The first kappa shape index (κ1) is 20.5. The number of halogens is 1. The average molecular weight is 395 g/mol. The number of nitro groups is 1. The predicted molar refractivity (Wildman–Crippen MR) is 97.6 cm³/mol. The fourth-order valence-electron chi connectivity index (χ4n) is 2.41. The van der Waals surface area contributed by atoms with Gasteiger partial charge in [0.1, 0.15) is 10.7 Å². The normalized spacial score (nSPS) is 11.4. The highest BCUT2D eigenvalue weighted by Gasteiger charge is 2.26. The molecule has 0 radical (unpaired) electrons. The lowest BCUT2D eigenvalue weighted by molar-refractivity contribution is -0.384. The molecule has 2 rings (SSSR count). The molecule has 0 spiro atoms. The number of hydrogen-bond acceptors (Lipinski definition) is 5. The third-order valence-electron chi connectivity index (χ3n) is 3.85. The maximum Gasteiger partial charge on any atom is 0.269 e. The quantitative estimate of drug-likeness (QED) is 0.572. The number of nitrogens with one attached hydrogen (secondary N) is 1. The summed E-state index contributed by atoms with van der Waals surface area (Å²) < 4.78 is 40.3. The summed E-state index contributed by atoms with van der Waals surface area (Å²) in [5, 5.41) is 13.1. The summed E-state index contributed by atoms with van der Waals surface area (Å²) in [6.45, 7) is 3.59. The van der Waals surface area contributed by atoms with Crippen LogP contribution in [-0.2, 0) is 10.0 Å². The zero-order valence-electron chi connectivity index (χ0n) is 14.7. The zero-order chi connectivity index (χ0) is 20.2. The van der Waals surface area contributed by atoms with Gasteiger partial charge in [0.25, 0.3) is 11.6 Å². The van der Waals surface area contributed by atoms with Crippen molar-refractivity contribution in [2.45, 2.75) is 18.7 Å². The van der Waals surface area contributed by atoms with Crippen LogP contribution in [0.1, 0.15) is 24.2 Å². The van der Waals surface area contributed by atoms with Gasteiger partial charge in [0, 0.05) is 36.5 Å². The molecular weight excluding hydrogens is 377 g/mol. The lowest BCUT2D eigenvalue weighted by atomic mass is 10.2. The van der Waals surface area contributed by atoms with Crippen molar-refractivity contribution >= 4 is 27.3 Å². The number of amides is 1. The monoisotopic (exact) mass is 395 g/mol. The Balaban J connectivity index is 2.31. The van der Waals surface area contributed by atoms with Gasteiger partial charge in [-0.3, -0.25) is 14.9 Å². The molecule has 2 aromatic carbocycles. The van der Waals surface area contributed by atoms with Gasteiger partial charge in [0.05, 0.1) is 4.92 Å². The van der Waals surface area contributed by atoms with Crippen LogP contribution < -0.4 is 5.32 Å². The molecule has 10 heteroatoms. The summed E-state index contributed by atoms with van der Waals surface area (Å²) in [5.74, 6) is -1.62. The third-order valence-corrected chi connectivity index (χ3v) is 5.92. The molecule has 27 heavy (non-hydrogen) atoms. The fraction of sp³-hybridized carbons (Fsp3) is 0.235. The molecular formula is C17H18FN3O5S. The average Bonchev–Trinajstić information content (AvgIpc) is 2.63. The van der Waals surface area contributed by atoms with Crippen molar-refractivity contribution in [3.05, 3.63) is 64.0 Å². The maximum absolute atomic E-state index is 14.1. The van der Waals surface area contributed by atoms with Gasteiger partial charge in [-0.2, -0.15) is 4.31 Å². The van der Waals surface area contributed by atoms with E-state index in [0.717, 1.165) is 22.5 Å². The first-order valence-electron chi connectivity index (χ1n) is 8.06. The second-order valence-electron chi connectivity index (χ2n) is 5.49. The van der Waals surface area contributed by atoms with E-state index in [0.29, 0.717) is 0 Å². The van der Waals surface area contributed by atoms with E-state index >= 15 is 0 Å². The van der Waals surface area contributed by atoms with E-state index in [-0.39, 0.29) is 30.0 Å². The van der Waals surface area contributed by atoms with Crippen LogP contribution >= 0.6 is 0 Å². The van der Waals surface area contributed by atoms with Crippen molar-refractivity contribution in [2.75, 3.05) is 18.4 Å². The third kappa shape index (κ3) is 4.47. The summed E-state index contributed by atoms with van der Waals surface area (Å²) in [6, 6.07) is 8.18. The van der Waals surface area contributed by atoms with E-state index in [2.05, 4.69) is 5.32 Å². The Morgan fingerprint density at radius 3 is 2.26 bits per heavy atom. The Hall–Kier alpha value is -2.85. The van der Waals surface area contributed by atoms with Crippen LogP contribution in [0.5, 0.6) is 0 Å². The van der Waals surface area contributed by atoms with Crippen LogP contribution in [0.2, 0.25) is 0 Å². The molecule has 0 unspecified atom stereocenters. The number of hydrogen-bond donors (Lipinski definition) is 1. The van der Waals surface area contributed by atoms with E-state index in [4.69, 9.17) is 0 Å². The van der Waals surface area contributed by atoms with E-state index in [1.807, 2.05) is 0 Å². The second kappa shape index (κ2) is 8.23. The highest BCUT2D eigenvalue weighted by Crippen LogP contribution is 2.22. The molecule has 0 saturated heterocycles. The molecule has 1 N–H and O–H groups in total. The van der Waals surface area contributed by atoms with Gasteiger partial charge in [0.2, 0.25) is 10.0 Å². The Morgan fingerprint density at radius 1 is 1.15 bits per heavy atom. The van der Waals surface area contributed by atoms with Gasteiger partial charge in [-0.25, -0.2) is 12.8 Å². The minimum Gasteiger partial charge on any atom is -0.322 e. The number of nitrogens with zero attached hydrogens (tertiary/aromatic N) is 2. The smallest absolute Gasteiger partial charge is 0.269 e. The molecule has 0 fully saturated rings. The summed E-state index contributed by atoms with van der Waals surface area (Å²) in [5.41, 5.74) is 0.0888. The molecule has 1 amide bonds. The molecule has 0 aliphatic carbocycles. The largest absolute Gasteiger partial charge is 0.322 e. The number of benzene rings is 2. The second-order valence-corrected chi connectivity index (χ2v) is 7.40. The molecule has 144 valence electrons. The molecule has 0 atom stereocenters. The van der Waals surface area contributed by atoms with Crippen molar-refractivity contribution in [3.8, 4) is 0 Å². The van der Waals surface area contributed by atoms with Crippen molar-refractivity contribution in [2.24, 2.45) is 0 Å². The predicted octanol–water partition coefficient (Wildman–Crippen LogP) is 3.02. The number of carbonyl (C=O) groups excluding carboxylic acids is 1. The van der Waals surface area contributed by atoms with Crippen LogP contribution in [0, 0.1) is 15.9 Å². The SMILES string of the molecule is CCN(CC)S(=O)(=O)c1cc(C(=O)Nc2ccc([N+](=O)[O-])cc2)ccc1F. The highest BCUT2D eigenvalue weighted by atomic mass is 32.2. The van der Waals surface area contributed by atoms with E-state index in [9.17, 15) is 27.7 Å². The number of carbonyl (C=O) groups is 1. The zero-order valence-corrected chi connectivity index (χ0v) is 15.5. The van der Waals surface area contributed by atoms with Crippen LogP contribution in [0.3, 0.4) is 0 Å². The van der Waals surface area contributed by atoms with Gasteiger partial charge in [-0.05, 0) is 30.3 Å². The maximum atomic E-state index is 14.1. The van der Waals surface area contributed by atoms with Gasteiger partial charge in [0.15, 0.2) is 0 Å². The number of rotatable bonds is 7. The van der Waals surface area contributed by atoms with Crippen LogP contribution in [0.15, 0.2) is 47.4 Å². The number of nitro benzene ring substituents is 1. The fourth-order valence-corrected chi connectivity index (χ4v) is 3.96. The first-order valence-corrected chi connectivity index (χ1v) is 9.50. The Morgan fingerprint density at radius 2 is 1.74 bits per heavy atom. The Kier molecular flexibility index (Phi) is 6.24. The van der Waals surface area contributed by atoms with Gasteiger partial charge >= 0.3 is 0 Å². The van der Waals surface area contributed by atoms with Crippen molar-refractivity contribution in [3.63, 3.8) is 0 Å². The summed E-state index contributed by atoms with van der Waals surface area (Å²) >= 11 is 0. The van der Waals surface area contributed by atoms with Crippen LogP contribution in [0.25, 0.3) is 0 Å². The lowest BCUT2D eigenvalue weighted by Gasteiger charge is -2.19. The van der Waals surface area contributed by atoms with Crippen molar-refractivity contribution < 1.29 is 22.5 Å². The molecule has 0 aromatic heterocycles. The van der Waals surface area contributed by atoms with E-state index in [1.165, 1.54) is 24.3 Å². The van der Waals surface area contributed by atoms with Gasteiger partial charge in [-0.1, -0.05) is 13.8 Å². The highest BCUT2D eigenvalue weighted by molar-refractivity contribution is 7.89. The van der Waals surface area contributed by atoms with E-state index in [1.54, 1.807) is 13.8 Å². The van der Waals surface area contributed by atoms with Crippen LogP contribution in [0.4, 0.5) is 15.8 Å². The molecule has 0 aliphatic rings. The summed E-state index contributed by atoms with van der Waals surface area (Å²) in [4.78, 5) is 21.8. The standard InChI is InChI=1S/C17H18FN3O5S/c1-3-20(4-2)27(25,26)16-11-12(5-10-15(16)18)17(22)19-13-6-8-14(9-7-13)21(23)24/h5-11H,3-4H2,1-2H3,(H,19,22). The van der Waals surface area contributed by atoms with Gasteiger partial charge < -0.3 is 5.32 Å². The molecule has 0 bridgehead atoms. The van der Waals surface area contributed by atoms with Crippen molar-refractivity contribution in [1.82, 2.24) is 4.31 Å². The minimum absolute atomic E-state index is 0.0551. The Labute approximate surface area is 155 Å². The van der Waals surface area contributed by atoms with Crippen LogP contribution in [-0.4, -0.2) is 36.6 Å². The van der Waals surface area contributed by atoms with Gasteiger partial charge in [-0.15, -0.1) is 0 Å². The summed E-state index contributed by atoms with van der Waals surface area (Å²) in [7, 11) is -4.07. The molecule has 2 aromatic rings. The molecule has 0 heterocycles. The number of anilines is 1. The molecule has 8 nitrogen and oxygen atoms in total. The summed E-state index contributed by atoms with van der Waals surface area (Å²) in [6.07, 6.45) is 0. The molecule has 0 aliphatic heterocycles. The topological polar surface area (TPSA) is 110 Å². The Bertz CT molecular complexity index is 957. The van der Waals surface area contributed by atoms with E-state index < -0.39 is 31.6 Å². The van der Waals surface area contributed by atoms with Crippen molar-refractivity contribution in [1.29, 1.82) is 0 Å². The molecule has 0 saturated carbocycles.